The van der Waals surface area contributed by atoms with Crippen LogP contribution in [-0.2, 0) is 6.42 Å². The first-order valence-corrected chi connectivity index (χ1v) is 5.82. The fourth-order valence-electron chi connectivity index (χ4n) is 1.58. The molecular weight excluding hydrogens is 252 g/mol. The smallest absolute Gasteiger partial charge is 0.280 e. The number of aliphatic hydroxyl groups is 1. The summed E-state index contributed by atoms with van der Waals surface area (Å²) in [5.41, 5.74) is 0.665. The van der Waals surface area contributed by atoms with E-state index in [-0.39, 0.29) is 18.2 Å². The van der Waals surface area contributed by atoms with Gasteiger partial charge in [-0.3, -0.25) is 0 Å². The molecule has 0 bridgehead atoms. The number of aliphatic hydroxyl groups excluding tert-OH is 1. The van der Waals surface area contributed by atoms with E-state index < -0.39 is 6.43 Å². The van der Waals surface area contributed by atoms with Crippen LogP contribution in [0.3, 0.4) is 0 Å². The van der Waals surface area contributed by atoms with Crippen molar-refractivity contribution in [1.82, 2.24) is 4.98 Å². The van der Waals surface area contributed by atoms with Crippen molar-refractivity contribution < 1.29 is 18.6 Å². The number of pyridine rings is 1. The van der Waals surface area contributed by atoms with Crippen molar-refractivity contribution in [1.29, 1.82) is 0 Å². The summed E-state index contributed by atoms with van der Waals surface area (Å²) in [4.78, 5) is 3.71. The van der Waals surface area contributed by atoms with E-state index in [0.29, 0.717) is 12.2 Å². The average Bonchev–Trinajstić information content (AvgIpc) is 2.42. The fraction of sp³-hybridized carbons (Fsp3) is 0.214. The summed E-state index contributed by atoms with van der Waals surface area (Å²) >= 11 is 0. The van der Waals surface area contributed by atoms with E-state index in [4.69, 9.17) is 9.84 Å². The predicted molar refractivity (Wildman–Crippen MR) is 66.5 cm³/mol. The summed E-state index contributed by atoms with van der Waals surface area (Å²) < 4.78 is 30.4. The second-order valence-corrected chi connectivity index (χ2v) is 3.92. The van der Waals surface area contributed by atoms with E-state index in [2.05, 4.69) is 4.98 Å². The summed E-state index contributed by atoms with van der Waals surface area (Å²) in [6.07, 6.45) is -2.05. The van der Waals surface area contributed by atoms with E-state index in [1.807, 2.05) is 12.1 Å². The third-order valence-corrected chi connectivity index (χ3v) is 2.51. The first-order valence-electron chi connectivity index (χ1n) is 5.82. The summed E-state index contributed by atoms with van der Waals surface area (Å²) in [6.45, 7) is 0.0815. The van der Waals surface area contributed by atoms with Crippen LogP contribution in [0.15, 0.2) is 42.5 Å². The minimum atomic E-state index is -2.62. The van der Waals surface area contributed by atoms with Gasteiger partial charge in [0.2, 0.25) is 5.88 Å². The number of rotatable bonds is 5. The van der Waals surface area contributed by atoms with Gasteiger partial charge in [-0.25, -0.2) is 13.8 Å². The second-order valence-electron chi connectivity index (χ2n) is 3.92. The third-order valence-electron chi connectivity index (χ3n) is 2.51. The van der Waals surface area contributed by atoms with E-state index >= 15 is 0 Å². The lowest BCUT2D eigenvalue weighted by atomic mass is 10.1. The minimum Gasteiger partial charge on any atom is -0.439 e. The highest BCUT2D eigenvalue weighted by Gasteiger charge is 2.09. The largest absolute Gasteiger partial charge is 0.439 e. The Bertz CT molecular complexity index is 529. The molecule has 3 nitrogen and oxygen atoms in total. The van der Waals surface area contributed by atoms with Crippen LogP contribution in [0, 0.1) is 0 Å². The Hall–Kier alpha value is -2.01. The predicted octanol–water partition coefficient (Wildman–Crippen LogP) is 3.35. The normalized spacial score (nSPS) is 10.7. The van der Waals surface area contributed by atoms with Gasteiger partial charge in [0.25, 0.3) is 6.43 Å². The van der Waals surface area contributed by atoms with Crippen molar-refractivity contribution in [2.24, 2.45) is 0 Å². The van der Waals surface area contributed by atoms with Crippen molar-refractivity contribution in [2.45, 2.75) is 12.8 Å². The highest BCUT2D eigenvalue weighted by atomic mass is 19.3. The SMILES string of the molecule is OCCc1ccc(Oc2cccc(C(F)F)n2)cc1. The van der Waals surface area contributed by atoms with E-state index in [1.54, 1.807) is 12.1 Å². The van der Waals surface area contributed by atoms with Crippen LogP contribution >= 0.6 is 0 Å². The molecule has 0 amide bonds. The lowest BCUT2D eigenvalue weighted by molar-refractivity contribution is 0.145. The average molecular weight is 265 g/mol. The molecule has 1 N–H and O–H groups in total. The van der Waals surface area contributed by atoms with Crippen LogP contribution in [0.1, 0.15) is 17.7 Å². The Kier molecular flexibility index (Phi) is 4.41. The van der Waals surface area contributed by atoms with Gasteiger partial charge in [0.1, 0.15) is 11.4 Å². The summed E-state index contributed by atoms with van der Waals surface area (Å²) in [5, 5.41) is 8.79. The molecule has 19 heavy (non-hydrogen) atoms. The summed E-state index contributed by atoms with van der Waals surface area (Å²) in [6, 6.07) is 11.3. The molecule has 0 saturated carbocycles. The number of hydrogen-bond donors (Lipinski definition) is 1. The molecule has 5 heteroatoms. The highest BCUT2D eigenvalue weighted by Crippen LogP contribution is 2.23. The molecule has 2 aromatic rings. The topological polar surface area (TPSA) is 42.4 Å². The molecule has 100 valence electrons. The van der Waals surface area contributed by atoms with Crippen molar-refractivity contribution in [3.8, 4) is 11.6 Å². The maximum atomic E-state index is 12.5. The van der Waals surface area contributed by atoms with Gasteiger partial charge in [-0.1, -0.05) is 18.2 Å². The zero-order valence-corrected chi connectivity index (χ0v) is 10.1. The van der Waals surface area contributed by atoms with Gasteiger partial charge in [-0.15, -0.1) is 0 Å². The molecule has 0 aliphatic heterocycles. The molecule has 1 heterocycles. The van der Waals surface area contributed by atoms with Gasteiger partial charge in [-0.2, -0.15) is 0 Å². The second kappa shape index (κ2) is 6.24. The Morgan fingerprint density at radius 3 is 2.47 bits per heavy atom. The maximum absolute atomic E-state index is 12.5. The molecule has 0 saturated heterocycles. The number of nitrogens with zero attached hydrogens (tertiary/aromatic N) is 1. The van der Waals surface area contributed by atoms with E-state index in [9.17, 15) is 8.78 Å². The van der Waals surface area contributed by atoms with Gasteiger partial charge < -0.3 is 9.84 Å². The molecule has 0 radical (unpaired) electrons. The number of aromatic nitrogens is 1. The monoisotopic (exact) mass is 265 g/mol. The number of benzene rings is 1. The van der Waals surface area contributed by atoms with Gasteiger partial charge >= 0.3 is 0 Å². The molecule has 1 aromatic carbocycles. The van der Waals surface area contributed by atoms with Gasteiger partial charge in [0.05, 0.1) is 0 Å². The number of alkyl halides is 2. The van der Waals surface area contributed by atoms with Crippen molar-refractivity contribution in [3.63, 3.8) is 0 Å². The quantitative estimate of drug-likeness (QED) is 0.901. The molecule has 0 aliphatic rings. The van der Waals surface area contributed by atoms with Crippen LogP contribution < -0.4 is 4.74 Å². The Morgan fingerprint density at radius 1 is 1.11 bits per heavy atom. The standard InChI is InChI=1S/C14H13F2NO2/c15-14(16)12-2-1-3-13(17-12)19-11-6-4-10(5-7-11)8-9-18/h1-7,14,18H,8-9H2. The molecule has 0 atom stereocenters. The van der Waals surface area contributed by atoms with Crippen LogP contribution in [-0.4, -0.2) is 16.7 Å². The summed E-state index contributed by atoms with van der Waals surface area (Å²) in [5.74, 6) is 0.647. The molecule has 1 aromatic heterocycles. The van der Waals surface area contributed by atoms with Crippen molar-refractivity contribution >= 4 is 0 Å². The molecule has 0 unspecified atom stereocenters. The first kappa shape index (κ1) is 13.4. The number of halogens is 2. The lowest BCUT2D eigenvalue weighted by Crippen LogP contribution is -1.94. The zero-order valence-electron chi connectivity index (χ0n) is 10.1. The number of ether oxygens (including phenoxy) is 1. The maximum Gasteiger partial charge on any atom is 0.280 e. The Morgan fingerprint density at radius 2 is 1.84 bits per heavy atom. The van der Waals surface area contributed by atoms with Crippen molar-refractivity contribution in [3.05, 3.63) is 53.7 Å². The van der Waals surface area contributed by atoms with Gasteiger partial charge in [-0.05, 0) is 30.2 Å². The molecule has 0 fully saturated rings. The lowest BCUT2D eigenvalue weighted by Gasteiger charge is -2.07. The fourth-order valence-corrected chi connectivity index (χ4v) is 1.58. The van der Waals surface area contributed by atoms with Crippen LogP contribution in [0.5, 0.6) is 11.6 Å². The van der Waals surface area contributed by atoms with Gasteiger partial charge in [0.15, 0.2) is 0 Å². The molecule has 2 rings (SSSR count). The zero-order chi connectivity index (χ0) is 13.7. The summed E-state index contributed by atoms with van der Waals surface area (Å²) in [7, 11) is 0. The number of hydrogen-bond acceptors (Lipinski definition) is 3. The third kappa shape index (κ3) is 3.72. The molecular formula is C14H13F2NO2. The van der Waals surface area contributed by atoms with Crippen LogP contribution in [0.2, 0.25) is 0 Å². The van der Waals surface area contributed by atoms with Crippen LogP contribution in [0.4, 0.5) is 8.78 Å². The van der Waals surface area contributed by atoms with E-state index in [1.165, 1.54) is 18.2 Å². The first-order chi connectivity index (χ1) is 9.19. The van der Waals surface area contributed by atoms with Crippen molar-refractivity contribution in [2.75, 3.05) is 6.61 Å². The van der Waals surface area contributed by atoms with E-state index in [0.717, 1.165) is 5.56 Å². The Balaban J connectivity index is 2.10. The highest BCUT2D eigenvalue weighted by molar-refractivity contribution is 5.31. The van der Waals surface area contributed by atoms with Gasteiger partial charge in [0, 0.05) is 12.7 Å². The minimum absolute atomic E-state index is 0.0815. The Labute approximate surface area is 109 Å². The molecule has 0 aliphatic carbocycles. The van der Waals surface area contributed by atoms with Crippen LogP contribution in [0.25, 0.3) is 0 Å². The molecule has 0 spiro atoms.